The van der Waals surface area contributed by atoms with Gasteiger partial charge in [0.1, 0.15) is 29.1 Å². The van der Waals surface area contributed by atoms with Crippen molar-refractivity contribution in [2.45, 2.75) is 12.5 Å². The summed E-state index contributed by atoms with van der Waals surface area (Å²) in [7, 11) is 0. The molecule has 2 heterocycles. The van der Waals surface area contributed by atoms with E-state index in [1.807, 2.05) is 6.07 Å². The third-order valence-corrected chi connectivity index (χ3v) is 3.90. The number of nitrogens with zero attached hydrogens (tertiary/aromatic N) is 3. The topological polar surface area (TPSA) is 69.0 Å². The Morgan fingerprint density at radius 3 is 2.67 bits per heavy atom. The smallest absolute Gasteiger partial charge is 0.270 e. The largest absolute Gasteiger partial charge is 0.365 e. The third kappa shape index (κ3) is 3.18. The van der Waals surface area contributed by atoms with Gasteiger partial charge in [-0.1, -0.05) is 6.07 Å². The Bertz CT molecular complexity index is 781. The molecule has 1 aliphatic heterocycles. The molecule has 5 nitrogen and oxygen atoms in total. The lowest BCUT2D eigenvalue weighted by atomic mass is 10.2. The summed E-state index contributed by atoms with van der Waals surface area (Å²) in [5.41, 5.74) is 0.504. The number of pyridine rings is 1. The molecule has 0 spiro atoms. The number of hydrogen-bond donors (Lipinski definition) is 1. The van der Waals surface area contributed by atoms with Gasteiger partial charge in [0.25, 0.3) is 5.91 Å². The van der Waals surface area contributed by atoms with Crippen LogP contribution >= 0.6 is 0 Å². The van der Waals surface area contributed by atoms with Crippen molar-refractivity contribution in [2.24, 2.45) is 0 Å². The SMILES string of the molecule is N#Cc1ccc(C(=O)N[C@H]2CCN(c3c(F)cccc3F)C2)nc1. The highest BCUT2D eigenvalue weighted by molar-refractivity contribution is 5.92. The summed E-state index contributed by atoms with van der Waals surface area (Å²) in [5, 5.41) is 11.5. The zero-order valence-corrected chi connectivity index (χ0v) is 12.7. The summed E-state index contributed by atoms with van der Waals surface area (Å²) < 4.78 is 27.6. The van der Waals surface area contributed by atoms with E-state index in [0.29, 0.717) is 25.1 Å². The highest BCUT2D eigenvalue weighted by Crippen LogP contribution is 2.26. The van der Waals surface area contributed by atoms with Crippen LogP contribution in [0.4, 0.5) is 14.5 Å². The summed E-state index contributed by atoms with van der Waals surface area (Å²) in [5.74, 6) is -1.60. The number of aromatic nitrogens is 1. The average molecular weight is 328 g/mol. The normalized spacial score (nSPS) is 16.7. The number of nitrogens with one attached hydrogen (secondary N) is 1. The van der Waals surface area contributed by atoms with Crippen molar-refractivity contribution < 1.29 is 13.6 Å². The second-order valence-electron chi connectivity index (χ2n) is 5.52. The predicted octanol–water partition coefficient (Wildman–Crippen LogP) is 2.24. The molecule has 1 fully saturated rings. The molecular weight excluding hydrogens is 314 g/mol. The molecule has 1 aromatic carbocycles. The summed E-state index contributed by atoms with van der Waals surface area (Å²) >= 11 is 0. The number of rotatable bonds is 3. The average Bonchev–Trinajstić information content (AvgIpc) is 3.03. The van der Waals surface area contributed by atoms with E-state index in [9.17, 15) is 13.6 Å². The molecule has 1 amide bonds. The van der Waals surface area contributed by atoms with Crippen LogP contribution in [0.5, 0.6) is 0 Å². The van der Waals surface area contributed by atoms with Crippen LogP contribution in [0.2, 0.25) is 0 Å². The molecule has 1 aliphatic rings. The van der Waals surface area contributed by atoms with Crippen LogP contribution in [0.3, 0.4) is 0 Å². The van der Waals surface area contributed by atoms with E-state index in [1.165, 1.54) is 36.5 Å². The highest BCUT2D eigenvalue weighted by Gasteiger charge is 2.28. The number of halogens is 2. The van der Waals surface area contributed by atoms with Gasteiger partial charge in [-0.25, -0.2) is 13.8 Å². The molecule has 0 radical (unpaired) electrons. The monoisotopic (exact) mass is 328 g/mol. The van der Waals surface area contributed by atoms with Gasteiger partial charge in [-0.05, 0) is 30.7 Å². The molecule has 1 aromatic heterocycles. The van der Waals surface area contributed by atoms with Crippen molar-refractivity contribution in [3.63, 3.8) is 0 Å². The second-order valence-corrected chi connectivity index (χ2v) is 5.52. The van der Waals surface area contributed by atoms with Crippen molar-refractivity contribution in [3.05, 3.63) is 59.4 Å². The molecule has 7 heteroatoms. The fraction of sp³-hybridized carbons (Fsp3) is 0.235. The quantitative estimate of drug-likeness (QED) is 0.938. The summed E-state index contributed by atoms with van der Waals surface area (Å²) in [6.45, 7) is 0.767. The number of nitriles is 1. The van der Waals surface area contributed by atoms with Gasteiger partial charge < -0.3 is 10.2 Å². The molecule has 0 aliphatic carbocycles. The van der Waals surface area contributed by atoms with Crippen molar-refractivity contribution in [1.82, 2.24) is 10.3 Å². The second kappa shape index (κ2) is 6.62. The van der Waals surface area contributed by atoms with Gasteiger partial charge >= 0.3 is 0 Å². The minimum absolute atomic E-state index is 0.0641. The lowest BCUT2D eigenvalue weighted by Gasteiger charge is -2.20. The van der Waals surface area contributed by atoms with Gasteiger partial charge in [-0.2, -0.15) is 5.26 Å². The first-order valence-electron chi connectivity index (χ1n) is 7.44. The van der Waals surface area contributed by atoms with Crippen LogP contribution < -0.4 is 10.2 Å². The van der Waals surface area contributed by atoms with Gasteiger partial charge in [0.05, 0.1) is 5.56 Å². The molecule has 0 bridgehead atoms. The molecule has 24 heavy (non-hydrogen) atoms. The van der Waals surface area contributed by atoms with Crippen molar-refractivity contribution >= 4 is 11.6 Å². The van der Waals surface area contributed by atoms with Gasteiger partial charge in [0.15, 0.2) is 0 Å². The zero-order valence-electron chi connectivity index (χ0n) is 12.7. The third-order valence-electron chi connectivity index (χ3n) is 3.90. The summed E-state index contributed by atoms with van der Waals surface area (Å²) in [4.78, 5) is 17.7. The van der Waals surface area contributed by atoms with E-state index in [4.69, 9.17) is 5.26 Å². The summed E-state index contributed by atoms with van der Waals surface area (Å²) in [6, 6.07) is 8.43. The Hall–Kier alpha value is -3.01. The molecule has 122 valence electrons. The molecule has 1 atom stereocenters. The van der Waals surface area contributed by atoms with E-state index in [2.05, 4.69) is 10.3 Å². The van der Waals surface area contributed by atoms with E-state index in [0.717, 1.165) is 0 Å². The number of amides is 1. The Labute approximate surface area is 137 Å². The number of para-hydroxylation sites is 1. The van der Waals surface area contributed by atoms with Gasteiger partial charge in [-0.15, -0.1) is 0 Å². The van der Waals surface area contributed by atoms with Crippen molar-refractivity contribution in [1.29, 1.82) is 5.26 Å². The standard InChI is InChI=1S/C17H14F2N4O/c18-13-2-1-3-14(19)16(13)23-7-6-12(10-23)22-17(24)15-5-4-11(8-20)9-21-15/h1-5,9,12H,6-7,10H2,(H,22,24)/t12-/m0/s1. The molecule has 1 saturated heterocycles. The maximum absolute atomic E-state index is 13.8. The first-order valence-corrected chi connectivity index (χ1v) is 7.44. The van der Waals surface area contributed by atoms with Crippen LogP contribution in [0.15, 0.2) is 36.5 Å². The van der Waals surface area contributed by atoms with Crippen LogP contribution in [-0.4, -0.2) is 30.0 Å². The minimum atomic E-state index is -0.615. The van der Waals surface area contributed by atoms with Crippen LogP contribution in [0, 0.1) is 23.0 Å². The lowest BCUT2D eigenvalue weighted by Crippen LogP contribution is -2.37. The number of hydrogen-bond acceptors (Lipinski definition) is 4. The van der Waals surface area contributed by atoms with E-state index >= 15 is 0 Å². The Balaban J connectivity index is 1.65. The number of anilines is 1. The fourth-order valence-electron chi connectivity index (χ4n) is 2.73. The maximum Gasteiger partial charge on any atom is 0.270 e. The lowest BCUT2D eigenvalue weighted by molar-refractivity contribution is 0.0935. The highest BCUT2D eigenvalue weighted by atomic mass is 19.1. The zero-order chi connectivity index (χ0) is 17.1. The molecule has 1 N–H and O–H groups in total. The molecule has 0 saturated carbocycles. The maximum atomic E-state index is 13.8. The van der Waals surface area contributed by atoms with E-state index in [-0.39, 0.29) is 23.3 Å². The van der Waals surface area contributed by atoms with Crippen molar-refractivity contribution in [3.8, 4) is 6.07 Å². The van der Waals surface area contributed by atoms with E-state index in [1.54, 1.807) is 4.90 Å². The number of carbonyl (C=O) groups is 1. The Morgan fingerprint density at radius 2 is 2.04 bits per heavy atom. The van der Waals surface area contributed by atoms with Gasteiger partial charge in [-0.3, -0.25) is 4.79 Å². The molecule has 0 unspecified atom stereocenters. The fourth-order valence-corrected chi connectivity index (χ4v) is 2.73. The molecular formula is C17H14F2N4O. The number of carbonyl (C=O) groups excluding carboxylic acids is 1. The van der Waals surface area contributed by atoms with Crippen LogP contribution in [0.1, 0.15) is 22.5 Å². The van der Waals surface area contributed by atoms with E-state index < -0.39 is 11.6 Å². The Kier molecular flexibility index (Phi) is 4.38. The molecule has 3 rings (SSSR count). The summed E-state index contributed by atoms with van der Waals surface area (Å²) in [6.07, 6.45) is 1.90. The van der Waals surface area contributed by atoms with Crippen LogP contribution in [-0.2, 0) is 0 Å². The predicted molar refractivity (Wildman–Crippen MR) is 83.4 cm³/mol. The first kappa shape index (κ1) is 15.9. The van der Waals surface area contributed by atoms with Crippen molar-refractivity contribution in [2.75, 3.05) is 18.0 Å². The minimum Gasteiger partial charge on any atom is -0.365 e. The number of benzene rings is 1. The first-order chi connectivity index (χ1) is 11.6. The molecule has 2 aromatic rings. The Morgan fingerprint density at radius 1 is 1.29 bits per heavy atom. The van der Waals surface area contributed by atoms with Gasteiger partial charge in [0, 0.05) is 25.3 Å². The van der Waals surface area contributed by atoms with Gasteiger partial charge in [0.2, 0.25) is 0 Å². The van der Waals surface area contributed by atoms with Crippen LogP contribution in [0.25, 0.3) is 0 Å².